The Bertz CT molecular complexity index is 1630. The fourth-order valence-corrected chi connectivity index (χ4v) is 3.92. The van der Waals surface area contributed by atoms with E-state index in [4.69, 9.17) is 4.98 Å². The molecule has 0 fully saturated rings. The van der Waals surface area contributed by atoms with Crippen molar-refractivity contribution in [1.29, 1.82) is 0 Å². The second kappa shape index (κ2) is 12.8. The number of para-hydroxylation sites is 2. The molecule has 0 N–H and O–H groups in total. The van der Waals surface area contributed by atoms with Crippen molar-refractivity contribution in [1.82, 2.24) is 15.0 Å². The summed E-state index contributed by atoms with van der Waals surface area (Å²) in [7, 11) is 0. The molecule has 0 aliphatic carbocycles. The molecule has 0 atom stereocenters. The second-order valence-electron chi connectivity index (χ2n) is 8.76. The van der Waals surface area contributed by atoms with Gasteiger partial charge in [0.05, 0.1) is 16.7 Å². The van der Waals surface area contributed by atoms with Crippen molar-refractivity contribution in [3.63, 3.8) is 0 Å². The summed E-state index contributed by atoms with van der Waals surface area (Å²) in [5.74, 6) is 0. The summed E-state index contributed by atoms with van der Waals surface area (Å²) >= 11 is 0. The zero-order valence-electron chi connectivity index (χ0n) is 21.3. The van der Waals surface area contributed by atoms with Crippen LogP contribution in [-0.4, -0.2) is 15.0 Å². The molecular weight excluding hydrogens is 688 g/mol. The molecule has 0 bridgehead atoms. The van der Waals surface area contributed by atoms with E-state index in [9.17, 15) is 13.2 Å². The molecule has 7 heteroatoms. The standard InChI is InChI=1S/C22H14F3N2.C11H8N.Ir/c1-14-6-8-15(9-7-14)20-21(27-19-5-3-2-4-18(19)26-20)16-10-12-17(13-11-16)22(23,24)25;1-2-6-10(7-3-1)11-8-4-5-9-12-11;/h2-10,12-13H,1H3;1-6,8-9H;/q2*-1;. The van der Waals surface area contributed by atoms with Gasteiger partial charge in [-0.05, 0) is 41.9 Å². The summed E-state index contributed by atoms with van der Waals surface area (Å²) in [4.78, 5) is 13.6. The third-order valence-electron chi connectivity index (χ3n) is 5.94. The molecule has 40 heavy (non-hydrogen) atoms. The van der Waals surface area contributed by atoms with Gasteiger partial charge in [0.15, 0.2) is 0 Å². The summed E-state index contributed by atoms with van der Waals surface area (Å²) in [5.41, 5.74) is 6.22. The number of aryl methyl sites for hydroxylation is 1. The maximum absolute atomic E-state index is 12.9. The average Bonchev–Trinajstić information content (AvgIpc) is 2.98. The van der Waals surface area contributed by atoms with Gasteiger partial charge in [-0.3, -0.25) is 9.97 Å². The summed E-state index contributed by atoms with van der Waals surface area (Å²) in [6.07, 6.45) is -2.61. The molecule has 6 rings (SSSR count). The zero-order chi connectivity index (χ0) is 27.2. The number of hydrogen-bond acceptors (Lipinski definition) is 3. The maximum Gasteiger partial charge on any atom is 0.381 e. The fourth-order valence-electron chi connectivity index (χ4n) is 3.92. The van der Waals surface area contributed by atoms with Crippen LogP contribution in [0, 0.1) is 19.1 Å². The van der Waals surface area contributed by atoms with Crippen molar-refractivity contribution >= 4 is 11.0 Å². The van der Waals surface area contributed by atoms with E-state index >= 15 is 0 Å². The minimum atomic E-state index is -4.40. The van der Waals surface area contributed by atoms with Crippen molar-refractivity contribution in [2.24, 2.45) is 0 Å². The number of alkyl halides is 3. The number of pyridine rings is 1. The van der Waals surface area contributed by atoms with Crippen molar-refractivity contribution < 1.29 is 33.3 Å². The first kappa shape index (κ1) is 28.8. The Morgan fingerprint density at radius 3 is 1.90 bits per heavy atom. The maximum atomic E-state index is 12.9. The van der Waals surface area contributed by atoms with Crippen molar-refractivity contribution in [2.45, 2.75) is 13.1 Å². The quantitative estimate of drug-likeness (QED) is 0.173. The average molecular weight is 710 g/mol. The van der Waals surface area contributed by atoms with Crippen LogP contribution in [0.2, 0.25) is 0 Å². The molecule has 0 aliphatic heterocycles. The number of halogens is 3. The van der Waals surface area contributed by atoms with Gasteiger partial charge < -0.3 is 4.98 Å². The number of hydrogen-bond donors (Lipinski definition) is 0. The molecule has 0 saturated heterocycles. The Morgan fingerprint density at radius 1 is 0.650 bits per heavy atom. The number of benzene rings is 4. The smallest absolute Gasteiger partial charge is 0.305 e. The van der Waals surface area contributed by atoms with Gasteiger partial charge in [-0.15, -0.1) is 65.7 Å². The molecule has 0 spiro atoms. The van der Waals surface area contributed by atoms with E-state index in [-0.39, 0.29) is 20.1 Å². The van der Waals surface area contributed by atoms with Gasteiger partial charge in [-0.1, -0.05) is 54.1 Å². The number of fused-ring (bicyclic) bond motifs is 1. The first-order valence-electron chi connectivity index (χ1n) is 12.2. The van der Waals surface area contributed by atoms with Crippen molar-refractivity contribution in [3.05, 3.63) is 139 Å². The largest absolute Gasteiger partial charge is 0.381 e. The SMILES string of the molecule is Cc1ccc(-c2nc3ccccc3nc2-c2[c-]cc(C(F)(F)F)cc2)cc1.[Ir].[c-]1ccccc1-c1ccccn1. The van der Waals surface area contributed by atoms with E-state index in [1.165, 1.54) is 6.07 Å². The molecule has 4 aromatic carbocycles. The Kier molecular flexibility index (Phi) is 9.20. The molecular formula is C33H22F3IrN3-2. The summed E-state index contributed by atoms with van der Waals surface area (Å²) in [6.45, 7) is 1.99. The number of nitrogens with zero attached hydrogens (tertiary/aromatic N) is 3. The Hall–Kier alpha value is -4.19. The number of rotatable bonds is 3. The van der Waals surface area contributed by atoms with Crippen LogP contribution in [0.15, 0.2) is 115 Å². The van der Waals surface area contributed by atoms with Crippen LogP contribution in [0.3, 0.4) is 0 Å². The molecule has 1 radical (unpaired) electrons. The zero-order valence-corrected chi connectivity index (χ0v) is 23.7. The minimum absolute atomic E-state index is 0. The van der Waals surface area contributed by atoms with Crippen LogP contribution in [0.25, 0.3) is 44.8 Å². The fraction of sp³-hybridized carbons (Fsp3) is 0.0606. The predicted octanol–water partition coefficient (Wildman–Crippen LogP) is 8.64. The minimum Gasteiger partial charge on any atom is -0.305 e. The third kappa shape index (κ3) is 6.87. The molecule has 201 valence electrons. The van der Waals surface area contributed by atoms with Gasteiger partial charge in [0.1, 0.15) is 0 Å². The summed E-state index contributed by atoms with van der Waals surface area (Å²) < 4.78 is 38.6. The van der Waals surface area contributed by atoms with Gasteiger partial charge in [0.2, 0.25) is 0 Å². The Morgan fingerprint density at radius 2 is 1.32 bits per heavy atom. The summed E-state index contributed by atoms with van der Waals surface area (Å²) in [6, 6.07) is 38.1. The van der Waals surface area contributed by atoms with Gasteiger partial charge >= 0.3 is 6.18 Å². The molecule has 2 aromatic heterocycles. The van der Waals surface area contributed by atoms with Gasteiger partial charge in [-0.25, -0.2) is 0 Å². The van der Waals surface area contributed by atoms with Crippen LogP contribution in [0.5, 0.6) is 0 Å². The topological polar surface area (TPSA) is 38.7 Å². The number of aromatic nitrogens is 3. The molecule has 0 unspecified atom stereocenters. The van der Waals surface area contributed by atoms with Crippen LogP contribution < -0.4 is 0 Å². The Labute approximate surface area is 244 Å². The van der Waals surface area contributed by atoms with Crippen molar-refractivity contribution in [2.75, 3.05) is 0 Å². The Balaban J connectivity index is 0.000000238. The van der Waals surface area contributed by atoms with E-state index in [1.54, 1.807) is 6.20 Å². The normalized spacial score (nSPS) is 10.8. The molecule has 0 saturated carbocycles. The van der Waals surface area contributed by atoms with Crippen molar-refractivity contribution in [3.8, 4) is 33.8 Å². The van der Waals surface area contributed by atoms with Crippen LogP contribution in [-0.2, 0) is 26.3 Å². The monoisotopic (exact) mass is 710 g/mol. The van der Waals surface area contributed by atoms with Crippen LogP contribution in [0.4, 0.5) is 13.2 Å². The van der Waals surface area contributed by atoms with E-state index in [2.05, 4.69) is 22.1 Å². The second-order valence-corrected chi connectivity index (χ2v) is 8.76. The van der Waals surface area contributed by atoms with E-state index < -0.39 is 11.7 Å². The molecule has 0 amide bonds. The molecule has 2 heterocycles. The third-order valence-corrected chi connectivity index (χ3v) is 5.94. The molecule has 0 aliphatic rings. The van der Waals surface area contributed by atoms with E-state index in [0.717, 1.165) is 40.0 Å². The van der Waals surface area contributed by atoms with Crippen LogP contribution >= 0.6 is 0 Å². The van der Waals surface area contributed by atoms with Gasteiger partial charge in [-0.2, -0.15) is 13.2 Å². The first-order chi connectivity index (χ1) is 18.9. The van der Waals surface area contributed by atoms with Gasteiger partial charge in [0, 0.05) is 32.0 Å². The predicted molar refractivity (Wildman–Crippen MR) is 147 cm³/mol. The van der Waals surface area contributed by atoms with Gasteiger partial charge in [0.25, 0.3) is 0 Å². The van der Waals surface area contributed by atoms with E-state index in [0.29, 0.717) is 22.5 Å². The summed E-state index contributed by atoms with van der Waals surface area (Å²) in [5, 5.41) is 0. The van der Waals surface area contributed by atoms with E-state index in [1.807, 2.05) is 97.9 Å². The van der Waals surface area contributed by atoms with Crippen LogP contribution in [0.1, 0.15) is 11.1 Å². The molecule has 3 nitrogen and oxygen atoms in total. The first-order valence-corrected chi connectivity index (χ1v) is 12.2. The molecule has 6 aromatic rings.